The second kappa shape index (κ2) is 7.43. The highest BCUT2D eigenvalue weighted by Gasteiger charge is 2.18. The van der Waals surface area contributed by atoms with Crippen LogP contribution in [-0.2, 0) is 6.54 Å². The number of hydrogen-bond acceptors (Lipinski definition) is 7. The summed E-state index contributed by atoms with van der Waals surface area (Å²) in [5, 5.41) is 26.9. The Morgan fingerprint density at radius 1 is 1.04 bits per heavy atom. The van der Waals surface area contributed by atoms with Crippen molar-refractivity contribution >= 4 is 11.8 Å². The van der Waals surface area contributed by atoms with E-state index in [1.807, 2.05) is 54.0 Å². The zero-order valence-electron chi connectivity index (χ0n) is 14.4. The van der Waals surface area contributed by atoms with Crippen LogP contribution in [0.1, 0.15) is 17.0 Å². The Morgan fingerprint density at radius 3 is 2.63 bits per heavy atom. The molecule has 0 radical (unpaired) electrons. The first kappa shape index (κ1) is 17.0. The molecule has 0 fully saturated rings. The first-order valence-corrected chi connectivity index (χ1v) is 8.99. The molecule has 4 aromatic rings. The normalized spacial score (nSPS) is 10.7. The maximum Gasteiger partial charge on any atom is 0.198 e. The van der Waals surface area contributed by atoms with Crippen molar-refractivity contribution in [3.8, 4) is 17.5 Å². The molecule has 0 N–H and O–H groups in total. The zero-order valence-corrected chi connectivity index (χ0v) is 15.2. The summed E-state index contributed by atoms with van der Waals surface area (Å²) >= 11 is 1.34. The molecule has 0 aliphatic carbocycles. The summed E-state index contributed by atoms with van der Waals surface area (Å²) in [6.45, 7) is 2.54. The van der Waals surface area contributed by atoms with Crippen molar-refractivity contribution in [2.45, 2.75) is 23.7 Å². The topological polar surface area (TPSA) is 93.4 Å². The number of furan rings is 1. The lowest BCUT2D eigenvalue weighted by Crippen LogP contribution is -2.04. The van der Waals surface area contributed by atoms with Crippen molar-refractivity contribution in [3.63, 3.8) is 0 Å². The lowest BCUT2D eigenvalue weighted by Gasteiger charge is -2.10. The van der Waals surface area contributed by atoms with E-state index in [1.165, 1.54) is 11.8 Å². The molecular weight excluding hydrogens is 360 g/mol. The molecule has 0 unspecified atom stereocenters. The number of rotatable bonds is 5. The fourth-order valence-electron chi connectivity index (χ4n) is 2.62. The minimum Gasteiger partial charge on any atom is -0.467 e. The van der Waals surface area contributed by atoms with Gasteiger partial charge in [-0.1, -0.05) is 24.3 Å². The van der Waals surface area contributed by atoms with Crippen molar-refractivity contribution in [1.82, 2.24) is 25.0 Å². The molecular formula is C19H14N6OS. The largest absolute Gasteiger partial charge is 0.467 e. The molecule has 132 valence electrons. The predicted molar refractivity (Wildman–Crippen MR) is 98.9 cm³/mol. The van der Waals surface area contributed by atoms with Gasteiger partial charge in [0, 0.05) is 5.56 Å². The highest BCUT2D eigenvalue weighted by atomic mass is 32.2. The molecule has 1 aromatic carbocycles. The number of nitriles is 1. The fraction of sp³-hybridized carbons (Fsp3) is 0.105. The van der Waals surface area contributed by atoms with E-state index in [2.05, 4.69) is 20.4 Å². The van der Waals surface area contributed by atoms with Crippen molar-refractivity contribution in [2.24, 2.45) is 0 Å². The van der Waals surface area contributed by atoms with Gasteiger partial charge in [0.05, 0.1) is 12.8 Å². The quantitative estimate of drug-likeness (QED) is 0.525. The van der Waals surface area contributed by atoms with Gasteiger partial charge >= 0.3 is 0 Å². The molecule has 0 spiro atoms. The third kappa shape index (κ3) is 3.59. The van der Waals surface area contributed by atoms with E-state index in [-0.39, 0.29) is 5.69 Å². The molecule has 8 heteroatoms. The van der Waals surface area contributed by atoms with Crippen LogP contribution in [0, 0.1) is 18.3 Å². The summed E-state index contributed by atoms with van der Waals surface area (Å²) in [6.07, 6.45) is 1.64. The van der Waals surface area contributed by atoms with Crippen LogP contribution in [-0.4, -0.2) is 25.0 Å². The third-order valence-electron chi connectivity index (χ3n) is 3.95. The number of nitrogens with zero attached hydrogens (tertiary/aromatic N) is 6. The Bertz CT molecular complexity index is 1100. The standard InChI is InChI=1S/C19H14N6OS/c1-13-5-2-3-7-16(13)18-23-24-19(25(18)12-15-6-4-10-26-15)27-17-9-8-14(11-20)21-22-17/h2-10H,12H2,1H3. The van der Waals surface area contributed by atoms with Gasteiger partial charge in [0.15, 0.2) is 16.7 Å². The molecule has 0 aliphatic heterocycles. The van der Waals surface area contributed by atoms with Gasteiger partial charge in [-0.05, 0) is 48.5 Å². The average Bonchev–Trinajstić information content (AvgIpc) is 3.34. The average molecular weight is 374 g/mol. The second-order valence-corrected chi connectivity index (χ2v) is 6.74. The van der Waals surface area contributed by atoms with Gasteiger partial charge < -0.3 is 4.42 Å². The molecule has 27 heavy (non-hydrogen) atoms. The van der Waals surface area contributed by atoms with Gasteiger partial charge in [0.25, 0.3) is 0 Å². The molecule has 0 bridgehead atoms. The van der Waals surface area contributed by atoms with Crippen molar-refractivity contribution in [2.75, 3.05) is 0 Å². The lowest BCUT2D eigenvalue weighted by molar-refractivity contribution is 0.485. The Morgan fingerprint density at radius 2 is 1.93 bits per heavy atom. The van der Waals surface area contributed by atoms with E-state index in [9.17, 15) is 0 Å². The van der Waals surface area contributed by atoms with Gasteiger partial charge in [-0.2, -0.15) is 5.26 Å². The Hall–Kier alpha value is -3.44. The summed E-state index contributed by atoms with van der Waals surface area (Å²) < 4.78 is 7.51. The first-order valence-electron chi connectivity index (χ1n) is 8.18. The molecule has 3 heterocycles. The lowest BCUT2D eigenvalue weighted by atomic mass is 10.1. The van der Waals surface area contributed by atoms with Gasteiger partial charge in [-0.3, -0.25) is 4.57 Å². The molecule has 4 rings (SSSR count). The molecule has 0 aliphatic rings. The molecule has 7 nitrogen and oxygen atoms in total. The van der Waals surface area contributed by atoms with E-state index in [0.717, 1.165) is 22.7 Å². The highest BCUT2D eigenvalue weighted by Crippen LogP contribution is 2.30. The predicted octanol–water partition coefficient (Wildman–Crippen LogP) is 3.71. The van der Waals surface area contributed by atoms with E-state index >= 15 is 0 Å². The molecule has 0 amide bonds. The van der Waals surface area contributed by atoms with Gasteiger partial charge in [0.2, 0.25) is 0 Å². The van der Waals surface area contributed by atoms with Crippen LogP contribution in [0.5, 0.6) is 0 Å². The van der Waals surface area contributed by atoms with Crippen LogP contribution in [0.3, 0.4) is 0 Å². The molecule has 3 aromatic heterocycles. The fourth-order valence-corrected chi connectivity index (χ4v) is 3.36. The Kier molecular flexibility index (Phi) is 4.68. The summed E-state index contributed by atoms with van der Waals surface area (Å²) in [5.74, 6) is 1.56. The van der Waals surface area contributed by atoms with Crippen molar-refractivity contribution in [1.29, 1.82) is 5.26 Å². The van der Waals surface area contributed by atoms with Crippen LogP contribution in [0.2, 0.25) is 0 Å². The maximum absolute atomic E-state index is 8.87. The summed E-state index contributed by atoms with van der Waals surface area (Å²) in [7, 11) is 0. The van der Waals surface area contributed by atoms with Crippen LogP contribution >= 0.6 is 11.8 Å². The van der Waals surface area contributed by atoms with E-state index < -0.39 is 0 Å². The van der Waals surface area contributed by atoms with Gasteiger partial charge in [0.1, 0.15) is 16.9 Å². The van der Waals surface area contributed by atoms with Crippen LogP contribution in [0.15, 0.2) is 69.4 Å². The van der Waals surface area contributed by atoms with E-state index in [1.54, 1.807) is 18.4 Å². The minimum absolute atomic E-state index is 0.275. The van der Waals surface area contributed by atoms with Crippen molar-refractivity contribution < 1.29 is 4.42 Å². The maximum atomic E-state index is 8.87. The van der Waals surface area contributed by atoms with Crippen LogP contribution < -0.4 is 0 Å². The smallest absolute Gasteiger partial charge is 0.198 e. The zero-order chi connectivity index (χ0) is 18.6. The molecule has 0 saturated carbocycles. The molecule has 0 saturated heterocycles. The molecule has 0 atom stereocenters. The van der Waals surface area contributed by atoms with E-state index in [4.69, 9.17) is 9.68 Å². The SMILES string of the molecule is Cc1ccccc1-c1nnc(Sc2ccc(C#N)nn2)n1Cc1ccco1. The highest BCUT2D eigenvalue weighted by molar-refractivity contribution is 7.99. The Labute approximate surface area is 159 Å². The number of aryl methyl sites for hydroxylation is 1. The van der Waals surface area contributed by atoms with Gasteiger partial charge in [-0.25, -0.2) is 0 Å². The third-order valence-corrected chi connectivity index (χ3v) is 4.86. The number of aromatic nitrogens is 5. The van der Waals surface area contributed by atoms with Crippen LogP contribution in [0.25, 0.3) is 11.4 Å². The summed E-state index contributed by atoms with van der Waals surface area (Å²) in [4.78, 5) is 0. The summed E-state index contributed by atoms with van der Waals surface area (Å²) in [6, 6.07) is 17.1. The Balaban J connectivity index is 1.74. The van der Waals surface area contributed by atoms with E-state index in [0.29, 0.717) is 16.7 Å². The van der Waals surface area contributed by atoms with Crippen LogP contribution in [0.4, 0.5) is 0 Å². The van der Waals surface area contributed by atoms with Crippen molar-refractivity contribution in [3.05, 3.63) is 71.8 Å². The number of benzene rings is 1. The van der Waals surface area contributed by atoms with Gasteiger partial charge in [-0.15, -0.1) is 20.4 Å². The first-order chi connectivity index (χ1) is 13.2. The summed E-state index contributed by atoms with van der Waals surface area (Å²) in [5.41, 5.74) is 2.40. The second-order valence-electron chi connectivity index (χ2n) is 5.76. The number of hydrogen-bond donors (Lipinski definition) is 0. The monoisotopic (exact) mass is 374 g/mol. The minimum atomic E-state index is 0.275.